The van der Waals surface area contributed by atoms with Crippen molar-refractivity contribution in [1.29, 1.82) is 0 Å². The van der Waals surface area contributed by atoms with Gasteiger partial charge in [-0.25, -0.2) is 0 Å². The van der Waals surface area contributed by atoms with Gasteiger partial charge >= 0.3 is 0 Å². The zero-order chi connectivity index (χ0) is 18.5. The van der Waals surface area contributed by atoms with Crippen molar-refractivity contribution in [3.05, 3.63) is 66.2 Å². The SMILES string of the molecule is O=C(C=Cc1ccc(-c2ccccc2)cc1)N1CCC[C@H]1CN1CCCC1. The molecule has 3 heteroatoms. The molecule has 0 bridgehead atoms. The monoisotopic (exact) mass is 360 g/mol. The average Bonchev–Trinajstić information content (AvgIpc) is 3.40. The topological polar surface area (TPSA) is 23.6 Å². The normalized spacial score (nSPS) is 20.6. The number of amides is 1. The molecule has 0 aliphatic carbocycles. The van der Waals surface area contributed by atoms with E-state index in [0.29, 0.717) is 6.04 Å². The molecule has 1 atom stereocenters. The first-order valence-electron chi connectivity index (χ1n) is 10.2. The Bertz CT molecular complexity index is 776. The molecule has 0 saturated carbocycles. The summed E-state index contributed by atoms with van der Waals surface area (Å²) in [4.78, 5) is 17.3. The molecule has 27 heavy (non-hydrogen) atoms. The maximum absolute atomic E-state index is 12.7. The quantitative estimate of drug-likeness (QED) is 0.735. The maximum atomic E-state index is 12.7. The molecule has 3 nitrogen and oxygen atoms in total. The van der Waals surface area contributed by atoms with Gasteiger partial charge in [0.25, 0.3) is 0 Å². The van der Waals surface area contributed by atoms with Crippen molar-refractivity contribution in [1.82, 2.24) is 9.80 Å². The van der Waals surface area contributed by atoms with E-state index in [4.69, 9.17) is 0 Å². The smallest absolute Gasteiger partial charge is 0.246 e. The van der Waals surface area contributed by atoms with Gasteiger partial charge in [0.05, 0.1) is 0 Å². The zero-order valence-electron chi connectivity index (χ0n) is 15.9. The molecule has 2 fully saturated rings. The fourth-order valence-corrected chi connectivity index (χ4v) is 4.26. The van der Waals surface area contributed by atoms with E-state index in [1.165, 1.54) is 37.1 Å². The predicted molar refractivity (Wildman–Crippen MR) is 111 cm³/mol. The van der Waals surface area contributed by atoms with E-state index in [-0.39, 0.29) is 5.91 Å². The van der Waals surface area contributed by atoms with Gasteiger partial charge in [0.2, 0.25) is 5.91 Å². The fraction of sp³-hybridized carbons (Fsp3) is 0.375. The molecule has 4 rings (SSSR count). The van der Waals surface area contributed by atoms with Crippen molar-refractivity contribution in [3.63, 3.8) is 0 Å². The number of rotatable bonds is 5. The van der Waals surface area contributed by atoms with Crippen molar-refractivity contribution >= 4 is 12.0 Å². The van der Waals surface area contributed by atoms with Gasteiger partial charge in [-0.2, -0.15) is 0 Å². The third kappa shape index (κ3) is 4.48. The van der Waals surface area contributed by atoms with Crippen molar-refractivity contribution in [2.45, 2.75) is 31.7 Å². The van der Waals surface area contributed by atoms with E-state index in [1.54, 1.807) is 6.08 Å². The lowest BCUT2D eigenvalue weighted by Crippen LogP contribution is -2.41. The Morgan fingerprint density at radius 1 is 0.889 bits per heavy atom. The Kier molecular flexibility index (Phi) is 5.69. The van der Waals surface area contributed by atoms with E-state index in [2.05, 4.69) is 58.3 Å². The highest BCUT2D eigenvalue weighted by molar-refractivity contribution is 5.92. The Hall–Kier alpha value is -2.39. The van der Waals surface area contributed by atoms with Gasteiger partial charge in [-0.05, 0) is 61.5 Å². The molecule has 2 aromatic rings. The lowest BCUT2D eigenvalue weighted by Gasteiger charge is -2.27. The number of nitrogens with zero attached hydrogens (tertiary/aromatic N) is 2. The molecule has 0 unspecified atom stereocenters. The van der Waals surface area contributed by atoms with Crippen molar-refractivity contribution < 1.29 is 4.79 Å². The highest BCUT2D eigenvalue weighted by Crippen LogP contribution is 2.22. The van der Waals surface area contributed by atoms with Crippen molar-refractivity contribution in [3.8, 4) is 11.1 Å². The van der Waals surface area contributed by atoms with Gasteiger partial charge in [-0.3, -0.25) is 4.79 Å². The molecule has 0 N–H and O–H groups in total. The molecule has 2 heterocycles. The Morgan fingerprint density at radius 2 is 1.59 bits per heavy atom. The second-order valence-electron chi connectivity index (χ2n) is 7.66. The minimum absolute atomic E-state index is 0.156. The number of carbonyl (C=O) groups excluding carboxylic acids is 1. The minimum Gasteiger partial charge on any atom is -0.335 e. The average molecular weight is 361 g/mol. The van der Waals surface area contributed by atoms with Gasteiger partial charge in [0, 0.05) is 25.2 Å². The fourth-order valence-electron chi connectivity index (χ4n) is 4.26. The lowest BCUT2D eigenvalue weighted by molar-refractivity contribution is -0.127. The van der Waals surface area contributed by atoms with Crippen molar-refractivity contribution in [2.75, 3.05) is 26.2 Å². The zero-order valence-corrected chi connectivity index (χ0v) is 15.9. The molecule has 1 amide bonds. The number of carbonyl (C=O) groups is 1. The van der Waals surface area contributed by atoms with Crippen LogP contribution in [0.25, 0.3) is 17.2 Å². The summed E-state index contributed by atoms with van der Waals surface area (Å²) >= 11 is 0. The van der Waals surface area contributed by atoms with Crippen LogP contribution in [0.15, 0.2) is 60.7 Å². The van der Waals surface area contributed by atoms with Crippen LogP contribution in [0, 0.1) is 0 Å². The van der Waals surface area contributed by atoms with Gasteiger partial charge in [-0.15, -0.1) is 0 Å². The van der Waals surface area contributed by atoms with E-state index in [9.17, 15) is 4.79 Å². The van der Waals surface area contributed by atoms with Crippen LogP contribution in [-0.2, 0) is 4.79 Å². The van der Waals surface area contributed by atoms with E-state index in [1.807, 2.05) is 12.1 Å². The van der Waals surface area contributed by atoms with Gasteiger partial charge in [0.1, 0.15) is 0 Å². The van der Waals surface area contributed by atoms with Crippen LogP contribution in [0.1, 0.15) is 31.2 Å². The third-order valence-electron chi connectivity index (χ3n) is 5.76. The number of hydrogen-bond donors (Lipinski definition) is 0. The highest BCUT2D eigenvalue weighted by atomic mass is 16.2. The Labute approximate surface area is 162 Å². The van der Waals surface area contributed by atoms with E-state index >= 15 is 0 Å². The minimum atomic E-state index is 0.156. The summed E-state index contributed by atoms with van der Waals surface area (Å²) in [5, 5.41) is 0. The first-order valence-corrected chi connectivity index (χ1v) is 10.2. The standard InChI is InChI=1S/C24H28N2O/c27-24(26-18-6-9-23(26)19-25-16-4-5-17-25)15-12-20-10-13-22(14-11-20)21-7-2-1-3-8-21/h1-3,7-8,10-15,23H,4-6,9,16-19H2/t23-/m0/s1. The number of benzene rings is 2. The second-order valence-corrected chi connectivity index (χ2v) is 7.66. The first kappa shape index (κ1) is 18.0. The molecule has 0 radical (unpaired) electrons. The Balaban J connectivity index is 1.37. The van der Waals surface area contributed by atoms with Crippen LogP contribution < -0.4 is 0 Å². The van der Waals surface area contributed by atoms with Crippen LogP contribution >= 0.6 is 0 Å². The maximum Gasteiger partial charge on any atom is 0.246 e. The van der Waals surface area contributed by atoms with Gasteiger partial charge in [0.15, 0.2) is 0 Å². The second kappa shape index (κ2) is 8.53. The van der Waals surface area contributed by atoms with Gasteiger partial charge < -0.3 is 9.80 Å². The van der Waals surface area contributed by atoms with Crippen molar-refractivity contribution in [2.24, 2.45) is 0 Å². The molecule has 2 aromatic carbocycles. The molecule has 140 valence electrons. The van der Waals surface area contributed by atoms with Crippen LogP contribution in [0.4, 0.5) is 0 Å². The van der Waals surface area contributed by atoms with Crippen LogP contribution in [-0.4, -0.2) is 47.9 Å². The molecular formula is C24H28N2O. The van der Waals surface area contributed by atoms with Crippen LogP contribution in [0.3, 0.4) is 0 Å². The molecule has 2 aliphatic rings. The van der Waals surface area contributed by atoms with E-state index in [0.717, 1.165) is 31.5 Å². The summed E-state index contributed by atoms with van der Waals surface area (Å²) in [5.74, 6) is 0.156. The largest absolute Gasteiger partial charge is 0.335 e. The summed E-state index contributed by atoms with van der Waals surface area (Å²) in [6, 6.07) is 19.1. The lowest BCUT2D eigenvalue weighted by atomic mass is 10.0. The summed E-state index contributed by atoms with van der Waals surface area (Å²) in [5.41, 5.74) is 3.48. The third-order valence-corrected chi connectivity index (χ3v) is 5.76. The molecule has 2 saturated heterocycles. The number of hydrogen-bond acceptors (Lipinski definition) is 2. The van der Waals surface area contributed by atoms with Crippen LogP contribution in [0.2, 0.25) is 0 Å². The Morgan fingerprint density at radius 3 is 2.33 bits per heavy atom. The summed E-state index contributed by atoms with van der Waals surface area (Å²) in [6.45, 7) is 4.34. The van der Waals surface area contributed by atoms with E-state index < -0.39 is 0 Å². The molecule has 2 aliphatic heterocycles. The summed E-state index contributed by atoms with van der Waals surface area (Å²) in [6.07, 6.45) is 8.58. The first-order chi connectivity index (χ1) is 13.3. The summed E-state index contributed by atoms with van der Waals surface area (Å²) in [7, 11) is 0. The molecular weight excluding hydrogens is 332 g/mol. The van der Waals surface area contributed by atoms with Crippen LogP contribution in [0.5, 0.6) is 0 Å². The molecule has 0 aromatic heterocycles. The molecule has 0 spiro atoms. The predicted octanol–water partition coefficient (Wildman–Crippen LogP) is 4.45. The van der Waals surface area contributed by atoms with Gasteiger partial charge in [-0.1, -0.05) is 54.6 Å². The number of likely N-dealkylation sites (tertiary alicyclic amines) is 2. The highest BCUT2D eigenvalue weighted by Gasteiger charge is 2.29. The summed E-state index contributed by atoms with van der Waals surface area (Å²) < 4.78 is 0.